The lowest BCUT2D eigenvalue weighted by Gasteiger charge is -2.13. The topological polar surface area (TPSA) is 63.6 Å². The van der Waals surface area contributed by atoms with Gasteiger partial charge in [-0.25, -0.2) is 8.42 Å². The number of aliphatic hydroxyl groups excluding tert-OH is 1. The lowest BCUT2D eigenvalue weighted by atomic mass is 10.1. The Kier molecular flexibility index (Phi) is 6.29. The molecule has 0 unspecified atom stereocenters. The van der Waals surface area contributed by atoms with E-state index >= 15 is 0 Å². The summed E-state index contributed by atoms with van der Waals surface area (Å²) in [7, 11) is -2.95. The molecule has 6 heteroatoms. The summed E-state index contributed by atoms with van der Waals surface area (Å²) in [5, 5.41) is 9.63. The van der Waals surface area contributed by atoms with Crippen LogP contribution >= 0.6 is 15.9 Å². The summed E-state index contributed by atoms with van der Waals surface area (Å²) in [4.78, 5) is 0. The molecule has 0 aliphatic carbocycles. The number of rotatable bonds is 7. The predicted octanol–water partition coefficient (Wildman–Crippen LogP) is 2.71. The average molecular weight is 351 g/mol. The van der Waals surface area contributed by atoms with Gasteiger partial charge in [0, 0.05) is 15.8 Å². The summed E-state index contributed by atoms with van der Waals surface area (Å²) in [5.74, 6) is 0.864. The molecule has 0 aliphatic heterocycles. The second-order valence-electron chi connectivity index (χ2n) is 4.30. The Balaban J connectivity index is 2.60. The molecule has 0 saturated heterocycles. The van der Waals surface area contributed by atoms with Crippen molar-refractivity contribution in [2.24, 2.45) is 0 Å². The van der Waals surface area contributed by atoms with Crippen molar-refractivity contribution in [1.82, 2.24) is 0 Å². The van der Waals surface area contributed by atoms with Crippen LogP contribution in [0.1, 0.15) is 31.9 Å². The molecule has 1 aromatic carbocycles. The SMILES string of the molecule is CCS(=O)(=O)CCCOc1cc(Br)ccc1[C@H](C)O. The molecule has 0 amide bonds. The third kappa shape index (κ3) is 5.50. The third-order valence-electron chi connectivity index (χ3n) is 2.72. The molecule has 4 nitrogen and oxygen atoms in total. The zero-order valence-corrected chi connectivity index (χ0v) is 13.5. The Morgan fingerprint density at radius 1 is 1.42 bits per heavy atom. The zero-order valence-electron chi connectivity index (χ0n) is 11.1. The van der Waals surface area contributed by atoms with Crippen LogP contribution < -0.4 is 4.74 Å². The van der Waals surface area contributed by atoms with Gasteiger partial charge >= 0.3 is 0 Å². The second kappa shape index (κ2) is 7.26. The number of benzene rings is 1. The van der Waals surface area contributed by atoms with Crippen molar-refractivity contribution >= 4 is 25.8 Å². The molecule has 0 fully saturated rings. The summed E-state index contributed by atoms with van der Waals surface area (Å²) in [5.41, 5.74) is 0.696. The molecule has 0 aliphatic rings. The maximum atomic E-state index is 11.3. The minimum absolute atomic E-state index is 0.127. The molecule has 1 N–H and O–H groups in total. The Hall–Kier alpha value is -0.590. The molecule has 0 spiro atoms. The molecular formula is C13H19BrO4S. The van der Waals surface area contributed by atoms with Crippen molar-refractivity contribution in [3.05, 3.63) is 28.2 Å². The summed E-state index contributed by atoms with van der Waals surface area (Å²) in [6.07, 6.45) is -0.176. The van der Waals surface area contributed by atoms with Crippen LogP contribution in [0.25, 0.3) is 0 Å². The largest absolute Gasteiger partial charge is 0.493 e. The lowest BCUT2D eigenvalue weighted by molar-refractivity contribution is 0.191. The Morgan fingerprint density at radius 3 is 2.68 bits per heavy atom. The van der Waals surface area contributed by atoms with Crippen molar-refractivity contribution in [1.29, 1.82) is 0 Å². The molecule has 0 aromatic heterocycles. The smallest absolute Gasteiger partial charge is 0.150 e. The van der Waals surface area contributed by atoms with Gasteiger partial charge in [-0.3, -0.25) is 0 Å². The van der Waals surface area contributed by atoms with Crippen molar-refractivity contribution < 1.29 is 18.3 Å². The van der Waals surface area contributed by atoms with Gasteiger partial charge in [-0.1, -0.05) is 28.9 Å². The highest BCUT2D eigenvalue weighted by Crippen LogP contribution is 2.28. The summed E-state index contributed by atoms with van der Waals surface area (Å²) >= 11 is 3.34. The zero-order chi connectivity index (χ0) is 14.5. The summed E-state index contributed by atoms with van der Waals surface area (Å²) in [6, 6.07) is 5.39. The molecule has 0 radical (unpaired) electrons. The first-order valence-electron chi connectivity index (χ1n) is 6.16. The second-order valence-corrected chi connectivity index (χ2v) is 7.68. The molecule has 108 valence electrons. The monoisotopic (exact) mass is 350 g/mol. The van der Waals surface area contributed by atoms with Gasteiger partial charge in [0.25, 0.3) is 0 Å². The molecule has 0 saturated carbocycles. The number of ether oxygens (including phenoxy) is 1. The van der Waals surface area contributed by atoms with Gasteiger partial charge in [0.2, 0.25) is 0 Å². The first-order chi connectivity index (χ1) is 8.85. The molecule has 0 bridgehead atoms. The molecular weight excluding hydrogens is 332 g/mol. The minimum atomic E-state index is -2.95. The molecule has 1 aromatic rings. The fourth-order valence-corrected chi connectivity index (χ4v) is 2.77. The molecule has 1 atom stereocenters. The molecule has 1 rings (SSSR count). The van der Waals surface area contributed by atoms with Crippen LogP contribution in [-0.2, 0) is 9.84 Å². The van der Waals surface area contributed by atoms with Crippen LogP contribution in [0, 0.1) is 0 Å². The maximum absolute atomic E-state index is 11.3. The quantitative estimate of drug-likeness (QED) is 0.768. The number of aliphatic hydroxyl groups is 1. The fourth-order valence-electron chi connectivity index (χ4n) is 1.58. The number of hydrogen-bond donors (Lipinski definition) is 1. The molecule has 19 heavy (non-hydrogen) atoms. The number of sulfone groups is 1. The maximum Gasteiger partial charge on any atom is 0.150 e. The van der Waals surface area contributed by atoms with Crippen LogP contribution in [0.15, 0.2) is 22.7 Å². The highest BCUT2D eigenvalue weighted by molar-refractivity contribution is 9.10. The van der Waals surface area contributed by atoms with E-state index in [9.17, 15) is 13.5 Å². The van der Waals surface area contributed by atoms with E-state index in [1.165, 1.54) is 0 Å². The Labute approximate surface area is 122 Å². The summed E-state index contributed by atoms with van der Waals surface area (Å²) in [6.45, 7) is 3.61. The van der Waals surface area contributed by atoms with E-state index in [0.717, 1.165) is 4.47 Å². The van der Waals surface area contributed by atoms with Crippen molar-refractivity contribution in [3.63, 3.8) is 0 Å². The first-order valence-corrected chi connectivity index (χ1v) is 8.78. The third-order valence-corrected chi connectivity index (χ3v) is 5.01. The van der Waals surface area contributed by atoms with E-state index in [1.807, 2.05) is 6.07 Å². The lowest BCUT2D eigenvalue weighted by Crippen LogP contribution is -2.12. The van der Waals surface area contributed by atoms with E-state index < -0.39 is 15.9 Å². The minimum Gasteiger partial charge on any atom is -0.493 e. The number of halogens is 1. The van der Waals surface area contributed by atoms with E-state index in [2.05, 4.69) is 15.9 Å². The normalized spacial score (nSPS) is 13.3. The highest BCUT2D eigenvalue weighted by atomic mass is 79.9. The van der Waals surface area contributed by atoms with Crippen LogP contribution in [0.3, 0.4) is 0 Å². The standard InChI is InChI=1S/C13H19BrO4S/c1-3-19(16,17)8-4-7-18-13-9-11(14)5-6-12(13)10(2)15/h5-6,9-10,15H,3-4,7-8H2,1-2H3/t10-/m0/s1. The summed E-state index contributed by atoms with van der Waals surface area (Å²) < 4.78 is 29.1. The van der Waals surface area contributed by atoms with Crippen LogP contribution in [-0.4, -0.2) is 31.6 Å². The van der Waals surface area contributed by atoms with Crippen molar-refractivity contribution in [3.8, 4) is 5.75 Å². The predicted molar refractivity (Wildman–Crippen MR) is 79.2 cm³/mol. The van der Waals surface area contributed by atoms with Crippen molar-refractivity contribution in [2.45, 2.75) is 26.4 Å². The average Bonchev–Trinajstić information content (AvgIpc) is 2.34. The van der Waals surface area contributed by atoms with Gasteiger partial charge in [0.15, 0.2) is 0 Å². The highest BCUT2D eigenvalue weighted by Gasteiger charge is 2.11. The van der Waals surface area contributed by atoms with Gasteiger partial charge in [0.1, 0.15) is 15.6 Å². The van der Waals surface area contributed by atoms with Gasteiger partial charge in [-0.05, 0) is 25.5 Å². The number of hydrogen-bond acceptors (Lipinski definition) is 4. The van der Waals surface area contributed by atoms with Crippen LogP contribution in [0.5, 0.6) is 5.75 Å². The van der Waals surface area contributed by atoms with E-state index in [0.29, 0.717) is 24.3 Å². The first kappa shape index (κ1) is 16.5. The van der Waals surface area contributed by atoms with E-state index in [4.69, 9.17) is 4.74 Å². The van der Waals surface area contributed by atoms with Gasteiger partial charge < -0.3 is 9.84 Å². The molecule has 0 heterocycles. The Morgan fingerprint density at radius 2 is 2.11 bits per heavy atom. The van der Waals surface area contributed by atoms with Gasteiger partial charge in [-0.2, -0.15) is 0 Å². The van der Waals surface area contributed by atoms with Crippen LogP contribution in [0.2, 0.25) is 0 Å². The van der Waals surface area contributed by atoms with Crippen molar-refractivity contribution in [2.75, 3.05) is 18.1 Å². The van der Waals surface area contributed by atoms with Crippen LogP contribution in [0.4, 0.5) is 0 Å². The fraction of sp³-hybridized carbons (Fsp3) is 0.538. The van der Waals surface area contributed by atoms with E-state index in [-0.39, 0.29) is 11.5 Å². The van der Waals surface area contributed by atoms with Gasteiger partial charge in [-0.15, -0.1) is 0 Å². The van der Waals surface area contributed by atoms with E-state index in [1.54, 1.807) is 26.0 Å². The Bertz CT molecular complexity index is 511. The van der Waals surface area contributed by atoms with Gasteiger partial charge in [0.05, 0.1) is 18.5 Å².